The van der Waals surface area contributed by atoms with Gasteiger partial charge in [-0.2, -0.15) is 5.10 Å². The monoisotopic (exact) mass is 150 g/mol. The lowest BCUT2D eigenvalue weighted by molar-refractivity contribution is 0.333. The molecule has 11 heavy (non-hydrogen) atoms. The molecule has 2 aliphatic rings. The number of hydrazone groups is 1. The molecule has 2 heterocycles. The molecule has 0 amide bonds. The fourth-order valence-corrected chi connectivity index (χ4v) is 1.22. The van der Waals surface area contributed by atoms with Gasteiger partial charge in [0.15, 0.2) is 6.17 Å². The maximum Gasteiger partial charge on any atom is 0.160 e. The minimum absolute atomic E-state index is 0.153. The van der Waals surface area contributed by atoms with Crippen LogP contribution >= 0.6 is 0 Å². The Kier molecular flexibility index (Phi) is 1.21. The van der Waals surface area contributed by atoms with Crippen LogP contribution in [0.1, 0.15) is 13.8 Å². The van der Waals surface area contributed by atoms with Crippen LogP contribution in [0.15, 0.2) is 22.0 Å². The van der Waals surface area contributed by atoms with Gasteiger partial charge in [-0.05, 0) is 13.8 Å². The van der Waals surface area contributed by atoms with Crippen LogP contribution < -0.4 is 5.32 Å². The zero-order valence-corrected chi connectivity index (χ0v) is 6.57. The molecule has 0 aromatic heterocycles. The van der Waals surface area contributed by atoms with Gasteiger partial charge >= 0.3 is 0 Å². The number of fused-ring (bicyclic) bond motifs is 1. The highest BCUT2D eigenvalue weighted by Crippen LogP contribution is 2.16. The number of aliphatic imine (C=N–C) groups is 1. The molecule has 0 fully saturated rings. The number of hydrogen-bond acceptors (Lipinski definition) is 4. The Labute approximate surface area is 65.3 Å². The molecule has 0 bridgehead atoms. The smallest absolute Gasteiger partial charge is 0.160 e. The van der Waals surface area contributed by atoms with E-state index in [1.807, 2.05) is 25.1 Å². The van der Waals surface area contributed by atoms with Crippen LogP contribution in [0.5, 0.6) is 0 Å². The number of allylic oxidation sites excluding steroid dienone is 1. The maximum absolute atomic E-state index is 4.22. The summed E-state index contributed by atoms with van der Waals surface area (Å²) < 4.78 is 0. The predicted octanol–water partition coefficient (Wildman–Crippen LogP) is 0.497. The van der Waals surface area contributed by atoms with Gasteiger partial charge in [0.1, 0.15) is 6.34 Å². The van der Waals surface area contributed by atoms with Crippen molar-refractivity contribution in [3.05, 3.63) is 11.9 Å². The van der Waals surface area contributed by atoms with Crippen LogP contribution in [0.3, 0.4) is 0 Å². The Morgan fingerprint density at radius 3 is 3.09 bits per heavy atom. The fraction of sp³-hybridized carbons (Fsp3) is 0.429. The molecule has 0 spiro atoms. The van der Waals surface area contributed by atoms with Gasteiger partial charge in [0, 0.05) is 6.20 Å². The zero-order valence-electron chi connectivity index (χ0n) is 6.57. The summed E-state index contributed by atoms with van der Waals surface area (Å²) in [6, 6.07) is 0. The predicted molar refractivity (Wildman–Crippen MR) is 44.1 cm³/mol. The van der Waals surface area contributed by atoms with Crippen molar-refractivity contribution in [1.29, 1.82) is 0 Å². The van der Waals surface area contributed by atoms with E-state index in [2.05, 4.69) is 15.4 Å². The molecule has 0 saturated carbocycles. The van der Waals surface area contributed by atoms with E-state index in [0.29, 0.717) is 0 Å². The van der Waals surface area contributed by atoms with Crippen molar-refractivity contribution in [3.63, 3.8) is 0 Å². The van der Waals surface area contributed by atoms with E-state index in [1.54, 1.807) is 6.34 Å². The lowest BCUT2D eigenvalue weighted by Gasteiger charge is -2.26. The second kappa shape index (κ2) is 2.08. The van der Waals surface area contributed by atoms with Crippen LogP contribution in [-0.2, 0) is 0 Å². The molecule has 2 aliphatic heterocycles. The Morgan fingerprint density at radius 1 is 1.55 bits per heavy atom. The molecule has 0 aliphatic carbocycles. The van der Waals surface area contributed by atoms with Crippen molar-refractivity contribution in [2.75, 3.05) is 0 Å². The largest absolute Gasteiger partial charge is 0.348 e. The minimum Gasteiger partial charge on any atom is -0.348 e. The summed E-state index contributed by atoms with van der Waals surface area (Å²) in [5.41, 5.74) is 2.12. The van der Waals surface area contributed by atoms with Crippen molar-refractivity contribution < 1.29 is 0 Å². The Morgan fingerprint density at radius 2 is 2.36 bits per heavy atom. The van der Waals surface area contributed by atoms with Crippen molar-refractivity contribution in [2.45, 2.75) is 20.0 Å². The summed E-state index contributed by atoms with van der Waals surface area (Å²) in [5, 5.41) is 9.16. The van der Waals surface area contributed by atoms with E-state index in [9.17, 15) is 0 Å². The lowest BCUT2D eigenvalue weighted by Crippen LogP contribution is -2.42. The molecule has 2 rings (SSSR count). The molecule has 0 saturated heterocycles. The molecule has 1 unspecified atom stereocenters. The molecular weight excluding hydrogens is 140 g/mol. The quantitative estimate of drug-likeness (QED) is 0.546. The normalized spacial score (nSPS) is 27.5. The Balaban J connectivity index is 2.35. The van der Waals surface area contributed by atoms with Gasteiger partial charge in [0.05, 0.1) is 11.4 Å². The highest BCUT2D eigenvalue weighted by Gasteiger charge is 2.26. The van der Waals surface area contributed by atoms with Crippen LogP contribution in [0.25, 0.3) is 0 Å². The first-order valence-corrected chi connectivity index (χ1v) is 3.58. The van der Waals surface area contributed by atoms with Gasteiger partial charge in [-0.3, -0.25) is 4.99 Å². The topological polar surface area (TPSA) is 40.0 Å². The fourth-order valence-electron chi connectivity index (χ4n) is 1.22. The van der Waals surface area contributed by atoms with Gasteiger partial charge in [0.25, 0.3) is 0 Å². The van der Waals surface area contributed by atoms with Gasteiger partial charge in [0.2, 0.25) is 0 Å². The first kappa shape index (κ1) is 6.39. The number of hydrogen-bond donors (Lipinski definition) is 1. The van der Waals surface area contributed by atoms with Crippen molar-refractivity contribution in [1.82, 2.24) is 10.3 Å². The van der Waals surface area contributed by atoms with Crippen molar-refractivity contribution in [3.8, 4) is 0 Å². The summed E-state index contributed by atoms with van der Waals surface area (Å²) in [4.78, 5) is 4.22. The average molecular weight is 150 g/mol. The van der Waals surface area contributed by atoms with E-state index in [0.717, 1.165) is 11.4 Å². The van der Waals surface area contributed by atoms with Crippen LogP contribution in [0.4, 0.5) is 0 Å². The van der Waals surface area contributed by atoms with E-state index in [1.165, 1.54) is 0 Å². The Bertz CT molecular complexity index is 264. The summed E-state index contributed by atoms with van der Waals surface area (Å²) in [6.45, 7) is 3.98. The second-order valence-corrected chi connectivity index (χ2v) is 2.70. The summed E-state index contributed by atoms with van der Waals surface area (Å²) in [6.07, 6.45) is 3.68. The number of nitrogens with one attached hydrogen (secondary N) is 1. The second-order valence-electron chi connectivity index (χ2n) is 2.70. The van der Waals surface area contributed by atoms with Gasteiger partial charge in [-0.15, -0.1) is 0 Å². The number of rotatable bonds is 0. The average Bonchev–Trinajstić information content (AvgIpc) is 2.45. The minimum atomic E-state index is 0.153. The van der Waals surface area contributed by atoms with E-state index in [4.69, 9.17) is 0 Å². The van der Waals surface area contributed by atoms with E-state index >= 15 is 0 Å². The lowest BCUT2D eigenvalue weighted by atomic mass is 10.2. The highest BCUT2D eigenvalue weighted by atomic mass is 15.6. The van der Waals surface area contributed by atoms with Crippen LogP contribution in [0, 0.1) is 0 Å². The van der Waals surface area contributed by atoms with Crippen LogP contribution in [0.2, 0.25) is 0 Å². The van der Waals surface area contributed by atoms with E-state index in [-0.39, 0.29) is 6.17 Å². The summed E-state index contributed by atoms with van der Waals surface area (Å²) in [7, 11) is 0. The van der Waals surface area contributed by atoms with Gasteiger partial charge < -0.3 is 5.32 Å². The molecule has 1 N–H and O–H groups in total. The van der Waals surface area contributed by atoms with Crippen LogP contribution in [-0.4, -0.2) is 23.2 Å². The first-order valence-electron chi connectivity index (χ1n) is 3.58. The third-order valence-corrected chi connectivity index (χ3v) is 1.87. The molecule has 0 aromatic rings. The maximum atomic E-state index is 4.22. The Hall–Kier alpha value is -1.32. The molecule has 0 aromatic carbocycles. The first-order chi connectivity index (χ1) is 5.29. The molecular formula is C7H10N4. The summed E-state index contributed by atoms with van der Waals surface area (Å²) in [5.74, 6) is 0. The molecule has 4 nitrogen and oxygen atoms in total. The molecule has 1 atom stereocenters. The van der Waals surface area contributed by atoms with Crippen molar-refractivity contribution >= 4 is 12.1 Å². The van der Waals surface area contributed by atoms with Gasteiger partial charge in [-0.25, -0.2) is 5.01 Å². The van der Waals surface area contributed by atoms with E-state index < -0.39 is 0 Å². The molecule has 4 heteroatoms. The number of nitrogens with zero attached hydrogens (tertiary/aromatic N) is 3. The molecule has 0 radical (unpaired) electrons. The SMILES string of the molecule is CC1=CN=C(C)C2NC=NN12. The third kappa shape index (κ3) is 0.824. The third-order valence-electron chi connectivity index (χ3n) is 1.87. The standard InChI is InChI=1S/C7H10N4/c1-5-3-8-6(2)7-9-4-10-11(5)7/h3-4,7H,1-2H3,(H,9,10). The van der Waals surface area contributed by atoms with Gasteiger partial charge in [-0.1, -0.05) is 0 Å². The summed E-state index contributed by atoms with van der Waals surface area (Å²) >= 11 is 0. The van der Waals surface area contributed by atoms with Crippen molar-refractivity contribution in [2.24, 2.45) is 10.1 Å². The molecule has 58 valence electrons. The highest BCUT2D eigenvalue weighted by molar-refractivity contribution is 5.91. The zero-order chi connectivity index (χ0) is 7.84.